The monoisotopic (exact) mass is 220 g/mol. The quantitative estimate of drug-likeness (QED) is 0.860. The van der Waals surface area contributed by atoms with Crippen LogP contribution in [0.25, 0.3) is 0 Å². The summed E-state index contributed by atoms with van der Waals surface area (Å²) in [5.41, 5.74) is 1.03. The second kappa shape index (κ2) is 4.79. The molecule has 2 heterocycles. The van der Waals surface area contributed by atoms with Gasteiger partial charge in [0.25, 0.3) is 0 Å². The van der Waals surface area contributed by atoms with Crippen LogP contribution in [0, 0.1) is 0 Å². The van der Waals surface area contributed by atoms with E-state index in [0.29, 0.717) is 0 Å². The Hall–Kier alpha value is -1.55. The highest BCUT2D eigenvalue weighted by atomic mass is 32.1. The Morgan fingerprint density at radius 2 is 2.33 bits per heavy atom. The van der Waals surface area contributed by atoms with Crippen molar-refractivity contribution in [2.45, 2.75) is 6.54 Å². The summed E-state index contributed by atoms with van der Waals surface area (Å²) in [6.45, 7) is 0.805. The van der Waals surface area contributed by atoms with Crippen molar-refractivity contribution in [2.24, 2.45) is 0 Å². The SMILES string of the molecule is COc1ccc(CNc2cccnc2)s1. The van der Waals surface area contributed by atoms with Gasteiger partial charge in [0.15, 0.2) is 5.06 Å². The number of rotatable bonds is 4. The minimum absolute atomic E-state index is 0.805. The third-order valence-corrected chi connectivity index (χ3v) is 3.01. The number of hydrogen-bond donors (Lipinski definition) is 1. The summed E-state index contributed by atoms with van der Waals surface area (Å²) in [6, 6.07) is 7.95. The van der Waals surface area contributed by atoms with E-state index in [-0.39, 0.29) is 0 Å². The first-order valence-electron chi connectivity index (χ1n) is 4.65. The zero-order valence-electron chi connectivity index (χ0n) is 8.43. The summed E-state index contributed by atoms with van der Waals surface area (Å²) in [4.78, 5) is 5.28. The maximum absolute atomic E-state index is 5.13. The van der Waals surface area contributed by atoms with Crippen molar-refractivity contribution in [3.05, 3.63) is 41.5 Å². The summed E-state index contributed by atoms with van der Waals surface area (Å²) in [5, 5.41) is 4.23. The molecule has 0 saturated carbocycles. The molecule has 0 aromatic carbocycles. The number of nitrogens with one attached hydrogen (secondary N) is 1. The van der Waals surface area contributed by atoms with Gasteiger partial charge in [-0.15, -0.1) is 11.3 Å². The van der Waals surface area contributed by atoms with Gasteiger partial charge in [-0.3, -0.25) is 4.98 Å². The predicted octanol–water partition coefficient (Wildman–Crippen LogP) is 2.76. The van der Waals surface area contributed by atoms with Crippen molar-refractivity contribution < 1.29 is 4.74 Å². The molecule has 0 amide bonds. The van der Waals surface area contributed by atoms with E-state index < -0.39 is 0 Å². The molecule has 0 radical (unpaired) electrons. The molecular weight excluding hydrogens is 208 g/mol. The second-order valence-corrected chi connectivity index (χ2v) is 4.15. The first-order valence-corrected chi connectivity index (χ1v) is 5.47. The maximum atomic E-state index is 5.13. The number of thiophene rings is 1. The molecule has 4 heteroatoms. The molecule has 0 bridgehead atoms. The molecule has 78 valence electrons. The van der Waals surface area contributed by atoms with E-state index in [1.807, 2.05) is 24.4 Å². The highest BCUT2D eigenvalue weighted by Gasteiger charge is 1.99. The summed E-state index contributed by atoms with van der Waals surface area (Å²) in [7, 11) is 1.68. The van der Waals surface area contributed by atoms with Gasteiger partial charge in [0.1, 0.15) is 0 Å². The fraction of sp³-hybridized carbons (Fsp3) is 0.182. The van der Waals surface area contributed by atoms with E-state index in [9.17, 15) is 0 Å². The molecule has 0 atom stereocenters. The van der Waals surface area contributed by atoms with Crippen LogP contribution in [0.2, 0.25) is 0 Å². The van der Waals surface area contributed by atoms with Gasteiger partial charge in [0.05, 0.1) is 12.8 Å². The van der Waals surface area contributed by atoms with Gasteiger partial charge < -0.3 is 10.1 Å². The molecule has 2 rings (SSSR count). The molecule has 0 aliphatic heterocycles. The van der Waals surface area contributed by atoms with Gasteiger partial charge in [-0.25, -0.2) is 0 Å². The smallest absolute Gasteiger partial charge is 0.173 e. The fourth-order valence-corrected chi connectivity index (χ4v) is 1.98. The molecule has 15 heavy (non-hydrogen) atoms. The van der Waals surface area contributed by atoms with Crippen LogP contribution in [0.4, 0.5) is 5.69 Å². The third kappa shape index (κ3) is 2.70. The van der Waals surface area contributed by atoms with Crippen molar-refractivity contribution in [1.29, 1.82) is 0 Å². The average molecular weight is 220 g/mol. The lowest BCUT2D eigenvalue weighted by Gasteiger charge is -2.02. The molecule has 2 aromatic heterocycles. The van der Waals surface area contributed by atoms with E-state index in [4.69, 9.17) is 4.74 Å². The first kappa shape index (κ1) is 9.98. The Labute approximate surface area is 92.7 Å². The van der Waals surface area contributed by atoms with Gasteiger partial charge in [-0.05, 0) is 24.3 Å². The molecule has 0 spiro atoms. The van der Waals surface area contributed by atoms with Crippen molar-refractivity contribution in [3.8, 4) is 5.06 Å². The predicted molar refractivity (Wildman–Crippen MR) is 62.4 cm³/mol. The zero-order valence-corrected chi connectivity index (χ0v) is 9.25. The Morgan fingerprint density at radius 3 is 3.00 bits per heavy atom. The Morgan fingerprint density at radius 1 is 1.40 bits per heavy atom. The van der Waals surface area contributed by atoms with E-state index in [2.05, 4.69) is 16.4 Å². The van der Waals surface area contributed by atoms with Crippen LogP contribution in [0.5, 0.6) is 5.06 Å². The first-order chi connectivity index (χ1) is 7.38. The topological polar surface area (TPSA) is 34.1 Å². The standard InChI is InChI=1S/C11H12N2OS/c1-14-11-5-4-10(15-11)8-13-9-3-2-6-12-7-9/h2-7,13H,8H2,1H3. The van der Waals surface area contributed by atoms with Gasteiger partial charge in [-0.1, -0.05) is 0 Å². The summed E-state index contributed by atoms with van der Waals surface area (Å²) < 4.78 is 5.13. The summed E-state index contributed by atoms with van der Waals surface area (Å²) >= 11 is 1.65. The molecule has 0 aliphatic rings. The lowest BCUT2D eigenvalue weighted by Crippen LogP contribution is -1.96. The van der Waals surface area contributed by atoms with Crippen molar-refractivity contribution in [1.82, 2.24) is 4.98 Å². The number of ether oxygens (including phenoxy) is 1. The lowest BCUT2D eigenvalue weighted by atomic mass is 10.4. The van der Waals surface area contributed by atoms with E-state index in [1.54, 1.807) is 24.6 Å². The average Bonchev–Trinajstić information content (AvgIpc) is 2.76. The highest BCUT2D eigenvalue weighted by molar-refractivity contribution is 7.13. The number of methoxy groups -OCH3 is 1. The largest absolute Gasteiger partial charge is 0.487 e. The van der Waals surface area contributed by atoms with E-state index in [0.717, 1.165) is 17.3 Å². The fourth-order valence-electron chi connectivity index (χ4n) is 1.22. The van der Waals surface area contributed by atoms with Gasteiger partial charge >= 0.3 is 0 Å². The van der Waals surface area contributed by atoms with Crippen LogP contribution in [-0.4, -0.2) is 12.1 Å². The minimum atomic E-state index is 0.805. The van der Waals surface area contributed by atoms with Gasteiger partial charge in [0.2, 0.25) is 0 Å². The lowest BCUT2D eigenvalue weighted by molar-refractivity contribution is 0.427. The van der Waals surface area contributed by atoms with E-state index >= 15 is 0 Å². The summed E-state index contributed by atoms with van der Waals surface area (Å²) in [5.74, 6) is 0. The molecule has 0 fully saturated rings. The van der Waals surface area contributed by atoms with Gasteiger partial charge in [0, 0.05) is 23.8 Å². The number of hydrogen-bond acceptors (Lipinski definition) is 4. The third-order valence-electron chi connectivity index (χ3n) is 1.97. The molecule has 0 unspecified atom stereocenters. The van der Waals surface area contributed by atoms with Crippen LogP contribution in [0.3, 0.4) is 0 Å². The molecule has 0 aliphatic carbocycles. The molecule has 2 aromatic rings. The second-order valence-electron chi connectivity index (χ2n) is 3.02. The van der Waals surface area contributed by atoms with Gasteiger partial charge in [-0.2, -0.15) is 0 Å². The van der Waals surface area contributed by atoms with Crippen molar-refractivity contribution in [3.63, 3.8) is 0 Å². The summed E-state index contributed by atoms with van der Waals surface area (Å²) in [6.07, 6.45) is 3.57. The van der Waals surface area contributed by atoms with Crippen LogP contribution < -0.4 is 10.1 Å². The number of pyridine rings is 1. The molecule has 0 saturated heterocycles. The number of aromatic nitrogens is 1. The zero-order chi connectivity index (χ0) is 10.5. The molecular formula is C11H12N2OS. The highest BCUT2D eigenvalue weighted by Crippen LogP contribution is 2.24. The van der Waals surface area contributed by atoms with Crippen LogP contribution >= 0.6 is 11.3 Å². The van der Waals surface area contributed by atoms with Crippen molar-refractivity contribution in [2.75, 3.05) is 12.4 Å². The Kier molecular flexibility index (Phi) is 3.19. The molecule has 3 nitrogen and oxygen atoms in total. The van der Waals surface area contributed by atoms with E-state index in [1.165, 1.54) is 4.88 Å². The minimum Gasteiger partial charge on any atom is -0.487 e. The normalized spacial score (nSPS) is 9.93. The Bertz CT molecular complexity index is 414. The Balaban J connectivity index is 1.93. The van der Waals surface area contributed by atoms with Crippen LogP contribution in [0.1, 0.15) is 4.88 Å². The molecule has 1 N–H and O–H groups in total. The number of anilines is 1. The van der Waals surface area contributed by atoms with Crippen LogP contribution in [-0.2, 0) is 6.54 Å². The maximum Gasteiger partial charge on any atom is 0.173 e. The number of nitrogens with zero attached hydrogens (tertiary/aromatic N) is 1. The van der Waals surface area contributed by atoms with Crippen LogP contribution in [0.15, 0.2) is 36.7 Å². The van der Waals surface area contributed by atoms with Crippen molar-refractivity contribution >= 4 is 17.0 Å².